The third-order valence-electron chi connectivity index (χ3n) is 1.96. The van der Waals surface area contributed by atoms with Gasteiger partial charge in [0.2, 0.25) is 11.6 Å². The van der Waals surface area contributed by atoms with Crippen LogP contribution in [0.4, 0.5) is 11.9 Å². The lowest BCUT2D eigenvalue weighted by atomic mass is 10.3. The number of nitrogens with one attached hydrogen (secondary N) is 2. The predicted octanol–water partition coefficient (Wildman–Crippen LogP) is -0.476. The first-order valence-corrected chi connectivity index (χ1v) is 4.67. The van der Waals surface area contributed by atoms with Gasteiger partial charge in [-0.25, -0.2) is 0 Å². The Kier molecular flexibility index (Phi) is 2.90. The molecule has 12 heteroatoms. The monoisotopic (exact) mass is 254 g/mol. The van der Waals surface area contributed by atoms with E-state index in [1.807, 2.05) is 0 Å². The van der Waals surface area contributed by atoms with E-state index in [0.29, 0.717) is 0 Å². The lowest BCUT2D eigenvalue weighted by molar-refractivity contribution is -0.394. The Hall–Kier alpha value is -2.92. The van der Waals surface area contributed by atoms with Crippen molar-refractivity contribution in [3.8, 4) is 0 Å². The van der Waals surface area contributed by atoms with E-state index < -0.39 is 21.7 Å². The normalized spacial score (nSPS) is 10.4. The Morgan fingerprint density at radius 3 is 1.56 bits per heavy atom. The highest BCUT2D eigenvalue weighted by Crippen LogP contribution is 2.06. The van der Waals surface area contributed by atoms with Crippen molar-refractivity contribution < 1.29 is 9.85 Å². The summed E-state index contributed by atoms with van der Waals surface area (Å²) in [5.41, 5.74) is 0. The molecule has 18 heavy (non-hydrogen) atoms. The minimum absolute atomic E-state index is 0.217. The quantitative estimate of drug-likeness (QED) is 0.532. The molecule has 0 saturated carbocycles. The third kappa shape index (κ3) is 2.42. The Morgan fingerprint density at radius 2 is 1.28 bits per heavy atom. The summed E-state index contributed by atoms with van der Waals surface area (Å²) in [7, 11) is 0. The van der Waals surface area contributed by atoms with E-state index in [2.05, 4.69) is 30.4 Å². The largest absolute Gasteiger partial charge is 0.453 e. The van der Waals surface area contributed by atoms with Crippen molar-refractivity contribution in [1.29, 1.82) is 0 Å². The van der Waals surface area contributed by atoms with Crippen molar-refractivity contribution in [1.82, 2.24) is 30.4 Å². The van der Waals surface area contributed by atoms with Gasteiger partial charge < -0.3 is 20.2 Å². The molecule has 2 aromatic rings. The zero-order valence-corrected chi connectivity index (χ0v) is 8.73. The van der Waals surface area contributed by atoms with Crippen LogP contribution in [0.1, 0.15) is 11.6 Å². The van der Waals surface area contributed by atoms with Crippen molar-refractivity contribution in [3.05, 3.63) is 31.9 Å². The molecule has 2 heterocycles. The van der Waals surface area contributed by atoms with Gasteiger partial charge in [0.15, 0.2) is 0 Å². The Balaban J connectivity index is 1.97. The molecule has 2 rings (SSSR count). The molecule has 0 atom stereocenters. The zero-order valence-electron chi connectivity index (χ0n) is 8.73. The average Bonchev–Trinajstić information content (AvgIpc) is 2.95. The molecule has 0 aliphatic heterocycles. The first-order valence-electron chi connectivity index (χ1n) is 4.67. The average molecular weight is 254 g/mol. The van der Waals surface area contributed by atoms with Crippen LogP contribution in [0.25, 0.3) is 0 Å². The van der Waals surface area contributed by atoms with Crippen LogP contribution in [-0.2, 0) is 12.8 Å². The van der Waals surface area contributed by atoms with Gasteiger partial charge in [0.05, 0.1) is 0 Å². The highest BCUT2D eigenvalue weighted by atomic mass is 16.6. The Bertz CT molecular complexity index is 536. The number of aromatic nitrogens is 6. The summed E-state index contributed by atoms with van der Waals surface area (Å²) in [4.78, 5) is 26.5. The predicted molar refractivity (Wildman–Crippen MR) is 53.5 cm³/mol. The first kappa shape index (κ1) is 11.6. The molecule has 0 aliphatic carbocycles. The fourth-order valence-corrected chi connectivity index (χ4v) is 1.18. The van der Waals surface area contributed by atoms with Crippen LogP contribution >= 0.6 is 0 Å². The smallest absolute Gasteiger partial charge is 0.390 e. The second-order valence-corrected chi connectivity index (χ2v) is 3.16. The highest BCUT2D eigenvalue weighted by Gasteiger charge is 2.17. The fraction of sp³-hybridized carbons (Fsp3) is 0.333. The van der Waals surface area contributed by atoms with Gasteiger partial charge in [-0.3, -0.25) is 0 Å². The molecule has 0 radical (unpaired) electrons. The van der Waals surface area contributed by atoms with Crippen LogP contribution in [0.5, 0.6) is 0 Å². The van der Waals surface area contributed by atoms with Crippen LogP contribution in [0.3, 0.4) is 0 Å². The van der Waals surface area contributed by atoms with Gasteiger partial charge in [0, 0.05) is 12.8 Å². The van der Waals surface area contributed by atoms with Gasteiger partial charge in [-0.1, -0.05) is 10.2 Å². The second kappa shape index (κ2) is 4.52. The van der Waals surface area contributed by atoms with E-state index in [4.69, 9.17) is 0 Å². The molecular weight excluding hydrogens is 248 g/mol. The summed E-state index contributed by atoms with van der Waals surface area (Å²) < 4.78 is 0. The number of hydrogen-bond donors (Lipinski definition) is 2. The van der Waals surface area contributed by atoms with Crippen molar-refractivity contribution in [2.45, 2.75) is 12.8 Å². The number of rotatable bonds is 5. The summed E-state index contributed by atoms with van der Waals surface area (Å²) in [6.45, 7) is 0. The number of aryl methyl sites for hydroxylation is 2. The Morgan fingerprint density at radius 1 is 0.889 bits per heavy atom. The van der Waals surface area contributed by atoms with E-state index in [0.717, 1.165) is 0 Å². The number of aromatic amines is 2. The lowest BCUT2D eigenvalue weighted by Crippen LogP contribution is -1.96. The molecule has 0 unspecified atom stereocenters. The van der Waals surface area contributed by atoms with Gasteiger partial charge in [-0.2, -0.15) is 0 Å². The van der Waals surface area contributed by atoms with Crippen LogP contribution in [0, 0.1) is 20.2 Å². The van der Waals surface area contributed by atoms with Gasteiger partial charge >= 0.3 is 11.9 Å². The lowest BCUT2D eigenvalue weighted by Gasteiger charge is -1.85. The maximum atomic E-state index is 10.3. The van der Waals surface area contributed by atoms with Crippen molar-refractivity contribution in [2.24, 2.45) is 0 Å². The molecule has 2 N–H and O–H groups in total. The first-order chi connectivity index (χ1) is 8.56. The van der Waals surface area contributed by atoms with Gasteiger partial charge in [-0.05, 0) is 19.8 Å². The molecule has 0 aliphatic rings. The molecule has 0 spiro atoms. The summed E-state index contributed by atoms with van der Waals surface area (Å²) in [6.07, 6.45) is 0.471. The molecular formula is C6H6N8O4. The minimum atomic E-state index is -0.700. The van der Waals surface area contributed by atoms with E-state index in [1.165, 1.54) is 0 Å². The van der Waals surface area contributed by atoms with E-state index in [-0.39, 0.29) is 24.5 Å². The van der Waals surface area contributed by atoms with E-state index in [9.17, 15) is 20.2 Å². The number of nitrogens with zero attached hydrogens (tertiary/aromatic N) is 6. The number of H-pyrrole nitrogens is 2. The van der Waals surface area contributed by atoms with Gasteiger partial charge in [0.25, 0.3) is 0 Å². The standard InChI is InChI=1S/C6H6N8O4/c15-13(16)5-7-3(9-11-5)1-2-4-8-6(12-10-4)14(17)18/h1-2H2,(H,7,9,11)(H,8,10,12). The minimum Gasteiger partial charge on any atom is -0.390 e. The van der Waals surface area contributed by atoms with Crippen molar-refractivity contribution >= 4 is 11.9 Å². The summed E-state index contributed by atoms with van der Waals surface area (Å²) in [6, 6.07) is 0. The van der Waals surface area contributed by atoms with Crippen LogP contribution in [0.2, 0.25) is 0 Å². The Labute approximate surface area is 97.8 Å². The fourth-order valence-electron chi connectivity index (χ4n) is 1.18. The summed E-state index contributed by atoms with van der Waals surface area (Å²) in [5, 5.41) is 32.2. The summed E-state index contributed by atoms with van der Waals surface area (Å²) in [5.74, 6) is -0.472. The van der Waals surface area contributed by atoms with E-state index in [1.54, 1.807) is 0 Å². The van der Waals surface area contributed by atoms with Crippen LogP contribution in [-0.4, -0.2) is 40.2 Å². The molecule has 2 aromatic heterocycles. The molecule has 12 nitrogen and oxygen atoms in total. The zero-order chi connectivity index (χ0) is 13.1. The maximum absolute atomic E-state index is 10.3. The molecule has 0 aromatic carbocycles. The van der Waals surface area contributed by atoms with Gasteiger partial charge in [0.1, 0.15) is 0 Å². The molecule has 0 amide bonds. The van der Waals surface area contributed by atoms with Crippen molar-refractivity contribution in [3.63, 3.8) is 0 Å². The number of nitro groups is 2. The summed E-state index contributed by atoms with van der Waals surface area (Å²) >= 11 is 0. The third-order valence-corrected chi connectivity index (χ3v) is 1.96. The van der Waals surface area contributed by atoms with E-state index >= 15 is 0 Å². The molecule has 0 fully saturated rings. The molecule has 0 saturated heterocycles. The number of hydrogen-bond acceptors (Lipinski definition) is 8. The molecule has 94 valence electrons. The topological polar surface area (TPSA) is 169 Å². The second-order valence-electron chi connectivity index (χ2n) is 3.16. The highest BCUT2D eigenvalue weighted by molar-refractivity contribution is 5.06. The molecule has 0 bridgehead atoms. The SMILES string of the molecule is O=[N+]([O-])c1nc(CCc2n[nH]c([N+](=O)[O-])n2)n[nH]1. The van der Waals surface area contributed by atoms with Gasteiger partial charge in [-0.15, -0.1) is 10.2 Å². The van der Waals surface area contributed by atoms with Crippen LogP contribution < -0.4 is 0 Å². The van der Waals surface area contributed by atoms with Crippen LogP contribution in [0.15, 0.2) is 0 Å². The van der Waals surface area contributed by atoms with Crippen molar-refractivity contribution in [2.75, 3.05) is 0 Å². The maximum Gasteiger partial charge on any atom is 0.453 e.